The summed E-state index contributed by atoms with van der Waals surface area (Å²) in [7, 11) is 1.88. The van der Waals surface area contributed by atoms with E-state index >= 15 is 0 Å². The van der Waals surface area contributed by atoms with Gasteiger partial charge in [0.15, 0.2) is 16.7 Å². The monoisotopic (exact) mass is 324 g/mol. The van der Waals surface area contributed by atoms with Crippen LogP contribution in [0.2, 0.25) is 0 Å². The summed E-state index contributed by atoms with van der Waals surface area (Å²) in [4.78, 5) is 0. The van der Waals surface area contributed by atoms with E-state index in [0.717, 1.165) is 5.56 Å². The molecule has 0 unspecified atom stereocenters. The minimum atomic E-state index is -0.218. The van der Waals surface area contributed by atoms with Crippen molar-refractivity contribution in [3.05, 3.63) is 53.8 Å². The Morgan fingerprint density at radius 1 is 1.26 bits per heavy atom. The van der Waals surface area contributed by atoms with Crippen LogP contribution in [-0.4, -0.2) is 20.0 Å². The van der Waals surface area contributed by atoms with Crippen LogP contribution in [0.5, 0.6) is 0 Å². The van der Waals surface area contributed by atoms with E-state index in [0.29, 0.717) is 23.2 Å². The minimum Gasteiger partial charge on any atom is -0.461 e. The van der Waals surface area contributed by atoms with Crippen LogP contribution in [0.4, 0.5) is 0 Å². The van der Waals surface area contributed by atoms with Crippen molar-refractivity contribution in [1.82, 2.24) is 14.8 Å². The maximum absolute atomic E-state index is 9.44. The molecule has 0 aliphatic heterocycles. The molecular formula is C17H16N4OS. The second-order valence-electron chi connectivity index (χ2n) is 5.27. The first-order valence-corrected chi connectivity index (χ1v) is 8.10. The van der Waals surface area contributed by atoms with Crippen molar-refractivity contribution in [3.63, 3.8) is 0 Å². The topological polar surface area (TPSA) is 67.6 Å². The van der Waals surface area contributed by atoms with E-state index in [2.05, 4.69) is 47.5 Å². The van der Waals surface area contributed by atoms with Gasteiger partial charge in [0.25, 0.3) is 0 Å². The second-order valence-corrected chi connectivity index (χ2v) is 6.44. The quantitative estimate of drug-likeness (QED) is 0.671. The molecule has 2 heterocycles. The van der Waals surface area contributed by atoms with Gasteiger partial charge in [-0.1, -0.05) is 41.6 Å². The molecule has 116 valence electrons. The average molecular weight is 324 g/mol. The van der Waals surface area contributed by atoms with E-state index < -0.39 is 0 Å². The van der Waals surface area contributed by atoms with Crippen LogP contribution in [-0.2, 0) is 13.5 Å². The van der Waals surface area contributed by atoms with Crippen molar-refractivity contribution in [1.29, 1.82) is 5.26 Å². The molecule has 0 N–H and O–H groups in total. The maximum atomic E-state index is 9.44. The average Bonchev–Trinajstić information content (AvgIpc) is 3.19. The Labute approximate surface area is 139 Å². The third-order valence-corrected chi connectivity index (χ3v) is 4.63. The molecule has 0 saturated carbocycles. The Kier molecular flexibility index (Phi) is 4.49. The summed E-state index contributed by atoms with van der Waals surface area (Å²) in [6, 6.07) is 14.2. The van der Waals surface area contributed by atoms with Crippen LogP contribution in [0.25, 0.3) is 11.6 Å². The van der Waals surface area contributed by atoms with Crippen LogP contribution in [0.1, 0.15) is 11.1 Å². The lowest BCUT2D eigenvalue weighted by Crippen LogP contribution is -2.06. The Balaban J connectivity index is 1.75. The van der Waals surface area contributed by atoms with Crippen LogP contribution in [0, 0.1) is 18.3 Å². The van der Waals surface area contributed by atoms with Gasteiger partial charge in [-0.05, 0) is 31.0 Å². The summed E-state index contributed by atoms with van der Waals surface area (Å²) < 4.78 is 7.20. The fourth-order valence-corrected chi connectivity index (χ4v) is 3.13. The molecular weight excluding hydrogens is 308 g/mol. The molecule has 6 heteroatoms. The highest BCUT2D eigenvalue weighted by molar-refractivity contribution is 8.00. The molecule has 0 radical (unpaired) electrons. The zero-order chi connectivity index (χ0) is 16.2. The van der Waals surface area contributed by atoms with E-state index in [1.165, 1.54) is 17.3 Å². The van der Waals surface area contributed by atoms with E-state index in [1.54, 1.807) is 6.26 Å². The molecule has 0 saturated heterocycles. The van der Waals surface area contributed by atoms with Gasteiger partial charge in [-0.2, -0.15) is 5.26 Å². The van der Waals surface area contributed by atoms with E-state index in [4.69, 9.17) is 4.42 Å². The first-order valence-electron chi connectivity index (χ1n) is 7.22. The highest BCUT2D eigenvalue weighted by atomic mass is 32.2. The molecule has 0 amide bonds. The summed E-state index contributed by atoms with van der Waals surface area (Å²) in [5.41, 5.74) is 2.36. The highest BCUT2D eigenvalue weighted by Crippen LogP contribution is 2.27. The third-order valence-electron chi connectivity index (χ3n) is 3.51. The SMILES string of the molecule is Cc1ccc(C[C@H](C#N)Sc2nnc(-c3ccco3)n2C)cc1. The highest BCUT2D eigenvalue weighted by Gasteiger charge is 2.18. The van der Waals surface area contributed by atoms with Crippen LogP contribution in [0.3, 0.4) is 0 Å². The number of furan rings is 1. The van der Waals surface area contributed by atoms with Gasteiger partial charge in [0.05, 0.1) is 12.3 Å². The number of nitriles is 1. The predicted octanol–water partition coefficient (Wildman–Crippen LogP) is 3.61. The van der Waals surface area contributed by atoms with Crippen molar-refractivity contribution in [2.45, 2.75) is 23.8 Å². The lowest BCUT2D eigenvalue weighted by atomic mass is 10.1. The lowest BCUT2D eigenvalue weighted by molar-refractivity contribution is 0.572. The molecule has 3 aromatic rings. The van der Waals surface area contributed by atoms with Gasteiger partial charge >= 0.3 is 0 Å². The number of rotatable bonds is 5. The van der Waals surface area contributed by atoms with Gasteiger partial charge < -0.3 is 8.98 Å². The van der Waals surface area contributed by atoms with Crippen molar-refractivity contribution in [2.75, 3.05) is 0 Å². The summed E-state index contributed by atoms with van der Waals surface area (Å²) in [6.45, 7) is 2.05. The Hall–Kier alpha value is -2.52. The van der Waals surface area contributed by atoms with Gasteiger partial charge in [0.1, 0.15) is 5.25 Å². The predicted molar refractivity (Wildman–Crippen MR) is 88.8 cm³/mol. The fraction of sp³-hybridized carbons (Fsp3) is 0.235. The number of hydrogen-bond acceptors (Lipinski definition) is 5. The molecule has 0 bridgehead atoms. The van der Waals surface area contributed by atoms with Gasteiger partial charge in [0, 0.05) is 7.05 Å². The molecule has 1 atom stereocenters. The van der Waals surface area contributed by atoms with E-state index in [1.807, 2.05) is 23.7 Å². The zero-order valence-corrected chi connectivity index (χ0v) is 13.7. The van der Waals surface area contributed by atoms with Gasteiger partial charge in [-0.3, -0.25) is 0 Å². The van der Waals surface area contributed by atoms with E-state index in [-0.39, 0.29) is 5.25 Å². The van der Waals surface area contributed by atoms with Crippen LogP contribution in [0.15, 0.2) is 52.2 Å². The first kappa shape index (κ1) is 15.4. The number of aryl methyl sites for hydroxylation is 1. The van der Waals surface area contributed by atoms with Crippen molar-refractivity contribution in [3.8, 4) is 17.7 Å². The molecule has 0 fully saturated rings. The maximum Gasteiger partial charge on any atom is 0.200 e. The normalized spacial score (nSPS) is 12.0. The molecule has 5 nitrogen and oxygen atoms in total. The summed E-state index contributed by atoms with van der Waals surface area (Å²) in [5.74, 6) is 1.32. The van der Waals surface area contributed by atoms with Gasteiger partial charge in [-0.15, -0.1) is 10.2 Å². The number of thioether (sulfide) groups is 1. The minimum absolute atomic E-state index is 0.218. The molecule has 23 heavy (non-hydrogen) atoms. The summed E-state index contributed by atoms with van der Waals surface area (Å²) >= 11 is 1.42. The van der Waals surface area contributed by atoms with Gasteiger partial charge in [0.2, 0.25) is 0 Å². The van der Waals surface area contributed by atoms with Gasteiger partial charge in [-0.25, -0.2) is 0 Å². The zero-order valence-electron chi connectivity index (χ0n) is 12.9. The van der Waals surface area contributed by atoms with Crippen molar-refractivity contribution in [2.24, 2.45) is 7.05 Å². The van der Waals surface area contributed by atoms with Crippen LogP contribution >= 0.6 is 11.8 Å². The molecule has 3 rings (SSSR count). The summed E-state index contributed by atoms with van der Waals surface area (Å²) in [6.07, 6.45) is 2.27. The Bertz CT molecular complexity index is 815. The van der Waals surface area contributed by atoms with E-state index in [9.17, 15) is 5.26 Å². The number of aromatic nitrogens is 3. The molecule has 0 aliphatic rings. The molecule has 1 aromatic carbocycles. The first-order chi connectivity index (χ1) is 11.2. The number of hydrogen-bond donors (Lipinski definition) is 0. The largest absolute Gasteiger partial charge is 0.461 e. The van der Waals surface area contributed by atoms with Crippen LogP contribution < -0.4 is 0 Å². The standard InChI is InChI=1S/C17H16N4OS/c1-12-5-7-13(8-6-12)10-14(11-18)23-17-20-19-16(21(17)2)15-4-3-9-22-15/h3-9,14H,10H2,1-2H3/t14-/m1/s1. The second kappa shape index (κ2) is 6.71. The number of nitrogens with zero attached hydrogens (tertiary/aromatic N) is 4. The Morgan fingerprint density at radius 2 is 2.04 bits per heavy atom. The summed E-state index contributed by atoms with van der Waals surface area (Å²) in [5, 5.41) is 18.3. The Morgan fingerprint density at radius 3 is 2.70 bits per heavy atom. The fourth-order valence-electron chi connectivity index (χ4n) is 2.22. The third kappa shape index (κ3) is 3.46. The molecule has 0 aliphatic carbocycles. The lowest BCUT2D eigenvalue weighted by Gasteiger charge is -2.09. The smallest absolute Gasteiger partial charge is 0.200 e. The number of benzene rings is 1. The van der Waals surface area contributed by atoms with Crippen molar-refractivity contribution >= 4 is 11.8 Å². The molecule has 0 spiro atoms. The van der Waals surface area contributed by atoms with Crippen molar-refractivity contribution < 1.29 is 4.42 Å². The molecule has 2 aromatic heterocycles.